The number of carbonyl (C=O) groups is 3. The van der Waals surface area contributed by atoms with E-state index in [0.29, 0.717) is 11.3 Å². The van der Waals surface area contributed by atoms with Gasteiger partial charge in [0.25, 0.3) is 0 Å². The molecule has 2 amide bonds. The van der Waals surface area contributed by atoms with E-state index in [1.54, 1.807) is 38.1 Å². The number of rotatable bonds is 4. The van der Waals surface area contributed by atoms with E-state index in [9.17, 15) is 14.4 Å². The van der Waals surface area contributed by atoms with Crippen LogP contribution >= 0.6 is 0 Å². The molecule has 0 saturated heterocycles. The fourth-order valence-electron chi connectivity index (χ4n) is 2.37. The summed E-state index contributed by atoms with van der Waals surface area (Å²) >= 11 is 0. The molecule has 7 nitrogen and oxygen atoms in total. The molecule has 0 bridgehead atoms. The second-order valence-electron chi connectivity index (χ2n) is 4.92. The zero-order valence-corrected chi connectivity index (χ0v) is 13.1. The Labute approximate surface area is 133 Å². The zero-order chi connectivity index (χ0) is 17.0. The van der Waals surface area contributed by atoms with Gasteiger partial charge in [-0.25, -0.2) is 9.59 Å². The molecule has 1 aliphatic heterocycles. The highest BCUT2D eigenvalue weighted by molar-refractivity contribution is 5.95. The molecule has 1 atom stereocenters. The lowest BCUT2D eigenvalue weighted by Crippen LogP contribution is -2.45. The molecule has 1 aliphatic rings. The average Bonchev–Trinajstić information content (AvgIpc) is 2.46. The number of hydrogen-bond donors (Lipinski definition) is 2. The Morgan fingerprint density at radius 1 is 1.26 bits per heavy atom. The maximum atomic E-state index is 12.3. The van der Waals surface area contributed by atoms with Gasteiger partial charge in [0.2, 0.25) is 0 Å². The standard InChI is InChI=1S/C16H18N2O5/c1-4-22-15(20)13-9(2)17-16(21)18-14(13)11-7-5-6-8-12(11)23-10(3)19/h5-8,14H,4H2,1-3H3,(H2,17,18,21)/t14-/m0/s1. The summed E-state index contributed by atoms with van der Waals surface area (Å²) in [5, 5.41) is 5.22. The molecule has 0 fully saturated rings. The number of esters is 2. The Balaban J connectivity index is 2.50. The maximum Gasteiger partial charge on any atom is 0.338 e. The summed E-state index contributed by atoms with van der Waals surface area (Å²) < 4.78 is 10.2. The van der Waals surface area contributed by atoms with Crippen molar-refractivity contribution >= 4 is 18.0 Å². The lowest BCUT2D eigenvalue weighted by molar-refractivity contribution is -0.139. The zero-order valence-electron chi connectivity index (χ0n) is 13.1. The van der Waals surface area contributed by atoms with E-state index in [0.717, 1.165) is 0 Å². The first-order chi connectivity index (χ1) is 10.9. The van der Waals surface area contributed by atoms with E-state index in [1.807, 2.05) is 0 Å². The number of amides is 2. The van der Waals surface area contributed by atoms with Crippen molar-refractivity contribution in [3.05, 3.63) is 41.1 Å². The van der Waals surface area contributed by atoms with Crippen molar-refractivity contribution in [2.75, 3.05) is 6.61 Å². The SMILES string of the molecule is CCOC(=O)C1=C(C)NC(=O)N[C@H]1c1ccccc1OC(C)=O. The predicted molar refractivity (Wildman–Crippen MR) is 81.5 cm³/mol. The molecular weight excluding hydrogens is 300 g/mol. The summed E-state index contributed by atoms with van der Waals surface area (Å²) in [5.74, 6) is -0.752. The molecule has 23 heavy (non-hydrogen) atoms. The maximum absolute atomic E-state index is 12.3. The Morgan fingerprint density at radius 3 is 2.61 bits per heavy atom. The van der Waals surface area contributed by atoms with E-state index >= 15 is 0 Å². The first kappa shape index (κ1) is 16.5. The van der Waals surface area contributed by atoms with Crippen LogP contribution in [0.2, 0.25) is 0 Å². The number of urea groups is 1. The van der Waals surface area contributed by atoms with Gasteiger partial charge in [-0.3, -0.25) is 4.79 Å². The van der Waals surface area contributed by atoms with Gasteiger partial charge in [0.05, 0.1) is 18.2 Å². The quantitative estimate of drug-likeness (QED) is 0.652. The molecule has 1 aromatic carbocycles. The number of nitrogens with one attached hydrogen (secondary N) is 2. The molecule has 7 heteroatoms. The van der Waals surface area contributed by atoms with Crippen LogP contribution in [0.15, 0.2) is 35.5 Å². The number of hydrogen-bond acceptors (Lipinski definition) is 5. The minimum Gasteiger partial charge on any atom is -0.463 e. The third-order valence-corrected chi connectivity index (χ3v) is 3.25. The van der Waals surface area contributed by atoms with Crippen LogP contribution in [0.1, 0.15) is 32.4 Å². The van der Waals surface area contributed by atoms with E-state index in [1.165, 1.54) is 6.92 Å². The summed E-state index contributed by atoms with van der Waals surface area (Å²) in [5.41, 5.74) is 1.17. The van der Waals surface area contributed by atoms with Crippen LogP contribution in [0.3, 0.4) is 0 Å². The molecule has 1 aromatic rings. The van der Waals surface area contributed by atoms with Crippen LogP contribution in [0.5, 0.6) is 5.75 Å². The minimum atomic E-state index is -0.765. The van der Waals surface area contributed by atoms with Crippen molar-refractivity contribution in [2.45, 2.75) is 26.8 Å². The highest BCUT2D eigenvalue weighted by Crippen LogP contribution is 2.33. The van der Waals surface area contributed by atoms with Gasteiger partial charge in [-0.1, -0.05) is 18.2 Å². The van der Waals surface area contributed by atoms with Gasteiger partial charge >= 0.3 is 18.0 Å². The molecule has 2 rings (SSSR count). The topological polar surface area (TPSA) is 93.7 Å². The van der Waals surface area contributed by atoms with E-state index < -0.39 is 24.0 Å². The lowest BCUT2D eigenvalue weighted by atomic mass is 9.95. The van der Waals surface area contributed by atoms with Gasteiger partial charge in [-0.05, 0) is 19.9 Å². The van der Waals surface area contributed by atoms with Gasteiger partial charge in [-0.2, -0.15) is 0 Å². The average molecular weight is 318 g/mol. The van der Waals surface area contributed by atoms with Gasteiger partial charge in [0.1, 0.15) is 5.75 Å². The van der Waals surface area contributed by atoms with Crippen LogP contribution in [0.25, 0.3) is 0 Å². The number of benzene rings is 1. The van der Waals surface area contributed by atoms with Crippen LogP contribution in [-0.4, -0.2) is 24.6 Å². The molecule has 0 aliphatic carbocycles. The lowest BCUT2D eigenvalue weighted by Gasteiger charge is -2.28. The summed E-state index contributed by atoms with van der Waals surface area (Å²) in [6.45, 7) is 4.81. The van der Waals surface area contributed by atoms with Crippen molar-refractivity contribution in [1.29, 1.82) is 0 Å². The fourth-order valence-corrected chi connectivity index (χ4v) is 2.37. The Bertz CT molecular complexity index is 681. The first-order valence-corrected chi connectivity index (χ1v) is 7.16. The second kappa shape index (κ2) is 6.95. The summed E-state index contributed by atoms with van der Waals surface area (Å²) in [4.78, 5) is 35.3. The second-order valence-corrected chi connectivity index (χ2v) is 4.92. The van der Waals surface area contributed by atoms with Gasteiger partial charge < -0.3 is 20.1 Å². The smallest absolute Gasteiger partial charge is 0.338 e. The molecule has 0 radical (unpaired) electrons. The van der Waals surface area contributed by atoms with Crippen molar-refractivity contribution in [1.82, 2.24) is 10.6 Å². The third-order valence-electron chi connectivity index (χ3n) is 3.25. The minimum absolute atomic E-state index is 0.210. The van der Waals surface area contributed by atoms with E-state index in [-0.39, 0.29) is 17.9 Å². The molecule has 0 spiro atoms. The summed E-state index contributed by atoms with van der Waals surface area (Å²) in [6.07, 6.45) is 0. The van der Waals surface area contributed by atoms with Crippen LogP contribution in [-0.2, 0) is 14.3 Å². The number of carbonyl (C=O) groups excluding carboxylic acids is 3. The molecule has 0 saturated carbocycles. The van der Waals surface area contributed by atoms with Crippen LogP contribution in [0.4, 0.5) is 4.79 Å². The fraction of sp³-hybridized carbons (Fsp3) is 0.312. The Kier molecular flexibility index (Phi) is 5.00. The molecule has 2 N–H and O–H groups in total. The van der Waals surface area contributed by atoms with E-state index in [2.05, 4.69) is 10.6 Å². The predicted octanol–water partition coefficient (Wildman–Crippen LogP) is 1.80. The van der Waals surface area contributed by atoms with Crippen molar-refractivity contribution in [2.24, 2.45) is 0 Å². The van der Waals surface area contributed by atoms with E-state index in [4.69, 9.17) is 9.47 Å². The van der Waals surface area contributed by atoms with Gasteiger partial charge in [-0.15, -0.1) is 0 Å². The summed E-state index contributed by atoms with van der Waals surface area (Å²) in [7, 11) is 0. The Hall–Kier alpha value is -2.83. The number of ether oxygens (including phenoxy) is 2. The number of para-hydroxylation sites is 1. The summed E-state index contributed by atoms with van der Waals surface area (Å²) in [6, 6.07) is 5.50. The molecular formula is C16H18N2O5. The highest BCUT2D eigenvalue weighted by Gasteiger charge is 2.33. The molecule has 1 heterocycles. The molecule has 0 aromatic heterocycles. The van der Waals surface area contributed by atoms with Crippen LogP contribution in [0, 0.1) is 0 Å². The Morgan fingerprint density at radius 2 is 1.96 bits per heavy atom. The van der Waals surface area contributed by atoms with Crippen LogP contribution < -0.4 is 15.4 Å². The monoisotopic (exact) mass is 318 g/mol. The normalized spacial score (nSPS) is 17.2. The molecule has 122 valence electrons. The van der Waals surface area contributed by atoms with Crippen molar-refractivity contribution in [3.63, 3.8) is 0 Å². The highest BCUT2D eigenvalue weighted by atomic mass is 16.5. The largest absolute Gasteiger partial charge is 0.463 e. The first-order valence-electron chi connectivity index (χ1n) is 7.16. The third kappa shape index (κ3) is 3.68. The van der Waals surface area contributed by atoms with Crippen molar-refractivity contribution < 1.29 is 23.9 Å². The molecule has 0 unspecified atom stereocenters. The van der Waals surface area contributed by atoms with Gasteiger partial charge in [0, 0.05) is 18.2 Å². The van der Waals surface area contributed by atoms with Gasteiger partial charge in [0.15, 0.2) is 0 Å². The van der Waals surface area contributed by atoms with Crippen molar-refractivity contribution in [3.8, 4) is 5.75 Å². The number of allylic oxidation sites excluding steroid dienone is 1.